The lowest BCUT2D eigenvalue weighted by Crippen LogP contribution is -2.47. The van der Waals surface area contributed by atoms with Crippen LogP contribution in [0.5, 0.6) is 0 Å². The molecule has 3 aromatic rings. The molecule has 0 radical (unpaired) electrons. The van der Waals surface area contributed by atoms with Crippen LogP contribution in [0.25, 0.3) is 11.3 Å². The number of ketones is 1. The molecular formula is C21H18FN3O4. The topological polar surface area (TPSA) is 115 Å². The number of amides is 2. The zero-order valence-corrected chi connectivity index (χ0v) is 15.5. The molecule has 2 aromatic carbocycles. The normalized spacial score (nSPS) is 11.7. The molecule has 0 fully saturated rings. The molecule has 0 bridgehead atoms. The molecule has 3 N–H and O–H groups in total. The van der Waals surface area contributed by atoms with Crippen LogP contribution in [0.1, 0.15) is 22.0 Å². The second-order valence-electron chi connectivity index (χ2n) is 6.36. The SMILES string of the molecule is Cc1nc(-c2ccc(F)cc2)c(C(=O)N[C@@H](Cc2ccccc2)C(=O)C(N)=O)o1. The van der Waals surface area contributed by atoms with Crippen molar-refractivity contribution in [1.29, 1.82) is 0 Å². The summed E-state index contributed by atoms with van der Waals surface area (Å²) in [5.74, 6) is -3.18. The number of nitrogens with zero attached hydrogens (tertiary/aromatic N) is 1. The smallest absolute Gasteiger partial charge is 0.290 e. The molecule has 1 heterocycles. The van der Waals surface area contributed by atoms with Gasteiger partial charge in [0.05, 0.1) is 0 Å². The van der Waals surface area contributed by atoms with E-state index in [0.717, 1.165) is 5.56 Å². The van der Waals surface area contributed by atoms with Gasteiger partial charge < -0.3 is 15.5 Å². The number of hydrogen-bond acceptors (Lipinski definition) is 5. The molecular weight excluding hydrogens is 377 g/mol. The van der Waals surface area contributed by atoms with Crippen LogP contribution in [-0.2, 0) is 16.0 Å². The van der Waals surface area contributed by atoms with E-state index in [1.54, 1.807) is 37.3 Å². The number of carbonyl (C=O) groups is 3. The van der Waals surface area contributed by atoms with Crippen LogP contribution in [0.2, 0.25) is 0 Å². The molecule has 1 aromatic heterocycles. The summed E-state index contributed by atoms with van der Waals surface area (Å²) in [6.07, 6.45) is 0.0767. The number of aryl methyl sites for hydroxylation is 1. The van der Waals surface area contributed by atoms with Gasteiger partial charge in [0.15, 0.2) is 5.89 Å². The fraction of sp³-hybridized carbons (Fsp3) is 0.143. The number of carbonyl (C=O) groups excluding carboxylic acids is 3. The minimum atomic E-state index is -1.17. The van der Waals surface area contributed by atoms with E-state index >= 15 is 0 Å². The number of rotatable bonds is 7. The summed E-state index contributed by atoms with van der Waals surface area (Å²) in [6.45, 7) is 1.56. The van der Waals surface area contributed by atoms with Crippen LogP contribution in [0.15, 0.2) is 59.0 Å². The summed E-state index contributed by atoms with van der Waals surface area (Å²) in [7, 11) is 0. The van der Waals surface area contributed by atoms with Crippen LogP contribution >= 0.6 is 0 Å². The second kappa shape index (κ2) is 8.47. The standard InChI is InChI=1S/C21H18FN3O4/c1-12-24-17(14-7-9-15(22)10-8-14)19(29-12)21(28)25-16(18(26)20(23)27)11-13-5-3-2-4-6-13/h2-10,16H,11H2,1H3,(H2,23,27)(H,25,28)/t16-/m0/s1. The van der Waals surface area contributed by atoms with Crippen molar-refractivity contribution < 1.29 is 23.2 Å². The van der Waals surface area contributed by atoms with Gasteiger partial charge >= 0.3 is 0 Å². The first kappa shape index (κ1) is 19.9. The van der Waals surface area contributed by atoms with Crippen LogP contribution in [0, 0.1) is 12.7 Å². The highest BCUT2D eigenvalue weighted by Crippen LogP contribution is 2.24. The maximum atomic E-state index is 13.2. The Kier molecular flexibility index (Phi) is 5.82. The zero-order valence-electron chi connectivity index (χ0n) is 15.5. The molecule has 2 amide bonds. The Morgan fingerprint density at radius 1 is 1.10 bits per heavy atom. The summed E-state index contributed by atoms with van der Waals surface area (Å²) in [5, 5.41) is 2.50. The summed E-state index contributed by atoms with van der Waals surface area (Å²) in [6, 6.07) is 13.1. The lowest BCUT2D eigenvalue weighted by atomic mass is 10.0. The highest BCUT2D eigenvalue weighted by atomic mass is 19.1. The van der Waals surface area contributed by atoms with E-state index in [1.807, 2.05) is 0 Å². The third-order valence-corrected chi connectivity index (χ3v) is 4.21. The highest BCUT2D eigenvalue weighted by Gasteiger charge is 2.29. The third kappa shape index (κ3) is 4.73. The summed E-state index contributed by atoms with van der Waals surface area (Å²) in [4.78, 5) is 40.7. The number of halogens is 1. The number of hydrogen-bond donors (Lipinski definition) is 2. The highest BCUT2D eigenvalue weighted by molar-refractivity contribution is 6.38. The van der Waals surface area contributed by atoms with Gasteiger partial charge in [0, 0.05) is 18.9 Å². The maximum Gasteiger partial charge on any atom is 0.290 e. The first-order valence-corrected chi connectivity index (χ1v) is 8.77. The third-order valence-electron chi connectivity index (χ3n) is 4.21. The Morgan fingerprint density at radius 2 is 1.76 bits per heavy atom. The van der Waals surface area contributed by atoms with Crippen LogP contribution in [0.4, 0.5) is 4.39 Å². The Hall–Kier alpha value is -3.81. The lowest BCUT2D eigenvalue weighted by Gasteiger charge is -2.16. The molecule has 7 nitrogen and oxygen atoms in total. The van der Waals surface area contributed by atoms with Crippen LogP contribution < -0.4 is 11.1 Å². The van der Waals surface area contributed by atoms with Crippen molar-refractivity contribution in [2.45, 2.75) is 19.4 Å². The fourth-order valence-electron chi connectivity index (χ4n) is 2.84. The van der Waals surface area contributed by atoms with Gasteiger partial charge in [0.1, 0.15) is 17.6 Å². The molecule has 3 rings (SSSR count). The van der Waals surface area contributed by atoms with Gasteiger partial charge in [0.25, 0.3) is 11.8 Å². The number of oxazole rings is 1. The Balaban J connectivity index is 1.89. The molecule has 0 saturated carbocycles. The molecule has 0 spiro atoms. The van der Waals surface area contributed by atoms with E-state index in [4.69, 9.17) is 10.2 Å². The summed E-state index contributed by atoms with van der Waals surface area (Å²) >= 11 is 0. The van der Waals surface area contributed by atoms with Crippen molar-refractivity contribution in [3.63, 3.8) is 0 Å². The average molecular weight is 395 g/mol. The lowest BCUT2D eigenvalue weighted by molar-refractivity contribution is -0.137. The molecule has 0 aliphatic carbocycles. The van der Waals surface area contributed by atoms with E-state index in [0.29, 0.717) is 5.56 Å². The Labute approximate surface area is 165 Å². The molecule has 0 unspecified atom stereocenters. The molecule has 0 aliphatic rings. The van der Waals surface area contributed by atoms with Crippen molar-refractivity contribution in [2.24, 2.45) is 5.73 Å². The summed E-state index contributed by atoms with van der Waals surface area (Å²) in [5.41, 5.74) is 6.54. The first-order valence-electron chi connectivity index (χ1n) is 8.77. The average Bonchev–Trinajstić information content (AvgIpc) is 3.10. The molecule has 1 atom stereocenters. The predicted octanol–water partition coefficient (Wildman–Crippen LogP) is 2.18. The minimum Gasteiger partial charge on any atom is -0.435 e. The van der Waals surface area contributed by atoms with Crippen LogP contribution in [-0.4, -0.2) is 28.6 Å². The maximum absolute atomic E-state index is 13.2. The van der Waals surface area contributed by atoms with E-state index < -0.39 is 29.5 Å². The largest absolute Gasteiger partial charge is 0.435 e. The predicted molar refractivity (Wildman–Crippen MR) is 102 cm³/mol. The number of nitrogens with one attached hydrogen (secondary N) is 1. The minimum absolute atomic E-state index is 0.0767. The molecule has 8 heteroatoms. The first-order chi connectivity index (χ1) is 13.8. The Morgan fingerprint density at radius 3 is 2.38 bits per heavy atom. The number of aromatic nitrogens is 1. The molecule has 0 aliphatic heterocycles. The van der Waals surface area contributed by atoms with Gasteiger partial charge in [-0.3, -0.25) is 14.4 Å². The van der Waals surface area contributed by atoms with Crippen molar-refractivity contribution >= 4 is 17.6 Å². The van der Waals surface area contributed by atoms with Crippen molar-refractivity contribution in [2.75, 3.05) is 0 Å². The van der Waals surface area contributed by atoms with Crippen molar-refractivity contribution in [3.8, 4) is 11.3 Å². The van der Waals surface area contributed by atoms with Crippen molar-refractivity contribution in [1.82, 2.24) is 10.3 Å². The van der Waals surface area contributed by atoms with E-state index in [9.17, 15) is 18.8 Å². The van der Waals surface area contributed by atoms with Gasteiger partial charge in [-0.2, -0.15) is 0 Å². The number of primary amides is 1. The van der Waals surface area contributed by atoms with Gasteiger partial charge in [-0.15, -0.1) is 0 Å². The number of benzene rings is 2. The number of nitrogens with two attached hydrogens (primary N) is 1. The Bertz CT molecular complexity index is 1050. The zero-order chi connectivity index (χ0) is 21.0. The van der Waals surface area contributed by atoms with E-state index in [1.165, 1.54) is 24.3 Å². The van der Waals surface area contributed by atoms with Crippen LogP contribution in [0.3, 0.4) is 0 Å². The fourth-order valence-corrected chi connectivity index (χ4v) is 2.84. The second-order valence-corrected chi connectivity index (χ2v) is 6.36. The monoisotopic (exact) mass is 395 g/mol. The quantitative estimate of drug-likeness (QED) is 0.595. The molecule has 148 valence electrons. The van der Waals surface area contributed by atoms with Gasteiger partial charge in [-0.25, -0.2) is 9.37 Å². The van der Waals surface area contributed by atoms with Gasteiger partial charge in [-0.1, -0.05) is 30.3 Å². The molecule has 29 heavy (non-hydrogen) atoms. The number of Topliss-reactive ketones (excluding diaryl/α,β-unsaturated/α-hetero) is 1. The van der Waals surface area contributed by atoms with E-state index in [-0.39, 0.29) is 23.8 Å². The molecule has 0 saturated heterocycles. The van der Waals surface area contributed by atoms with Crippen molar-refractivity contribution in [3.05, 3.63) is 77.6 Å². The van der Waals surface area contributed by atoms with E-state index in [2.05, 4.69) is 10.3 Å². The van der Waals surface area contributed by atoms with Gasteiger partial charge in [-0.05, 0) is 29.8 Å². The van der Waals surface area contributed by atoms with Gasteiger partial charge in [0.2, 0.25) is 11.5 Å². The summed E-state index contributed by atoms with van der Waals surface area (Å²) < 4.78 is 18.6.